The van der Waals surface area contributed by atoms with Gasteiger partial charge < -0.3 is 5.73 Å². The van der Waals surface area contributed by atoms with Gasteiger partial charge in [0, 0.05) is 6.54 Å². The maximum absolute atomic E-state index is 12.1. The molecule has 0 saturated carbocycles. The van der Waals surface area contributed by atoms with E-state index in [1.165, 1.54) is 6.07 Å². The lowest BCUT2D eigenvalue weighted by molar-refractivity contribution is 0.582. The van der Waals surface area contributed by atoms with Crippen LogP contribution in [0.2, 0.25) is 0 Å². The van der Waals surface area contributed by atoms with Gasteiger partial charge in [0.25, 0.3) is 0 Å². The van der Waals surface area contributed by atoms with E-state index in [0.717, 1.165) is 11.1 Å². The molecule has 1 heterocycles. The van der Waals surface area contributed by atoms with Crippen LogP contribution in [0.15, 0.2) is 39.9 Å². The van der Waals surface area contributed by atoms with Crippen LogP contribution in [0.5, 0.6) is 0 Å². The number of hydrogen-bond acceptors (Lipinski definition) is 4. The van der Waals surface area contributed by atoms with E-state index in [1.54, 1.807) is 23.5 Å². The van der Waals surface area contributed by atoms with Crippen molar-refractivity contribution >= 4 is 27.0 Å². The molecule has 2 rings (SSSR count). The van der Waals surface area contributed by atoms with Gasteiger partial charge in [-0.05, 0) is 53.4 Å². The van der Waals surface area contributed by atoms with Crippen molar-refractivity contribution in [1.82, 2.24) is 4.72 Å². The van der Waals surface area contributed by atoms with Crippen LogP contribution in [0.1, 0.15) is 11.1 Å². The first-order chi connectivity index (χ1) is 8.99. The van der Waals surface area contributed by atoms with Crippen molar-refractivity contribution in [2.75, 3.05) is 12.3 Å². The Bertz CT molecular complexity index is 649. The molecule has 1 aromatic carbocycles. The van der Waals surface area contributed by atoms with Crippen molar-refractivity contribution in [2.45, 2.75) is 18.2 Å². The summed E-state index contributed by atoms with van der Waals surface area (Å²) in [6, 6.07) is 6.92. The number of nitrogens with one attached hydrogen (secondary N) is 1. The van der Waals surface area contributed by atoms with E-state index >= 15 is 0 Å². The molecule has 1 aromatic heterocycles. The summed E-state index contributed by atoms with van der Waals surface area (Å²) in [5.74, 6) is 0. The molecule has 6 heteroatoms. The summed E-state index contributed by atoms with van der Waals surface area (Å²) < 4.78 is 26.8. The van der Waals surface area contributed by atoms with E-state index in [9.17, 15) is 8.42 Å². The Hall–Kier alpha value is -1.37. The Morgan fingerprint density at radius 1 is 1.32 bits per heavy atom. The minimum absolute atomic E-state index is 0.142. The molecule has 0 saturated heterocycles. The van der Waals surface area contributed by atoms with Crippen LogP contribution in [-0.2, 0) is 16.4 Å². The Morgan fingerprint density at radius 2 is 2.11 bits per heavy atom. The molecule has 4 nitrogen and oxygen atoms in total. The fraction of sp³-hybridized carbons (Fsp3) is 0.231. The highest BCUT2D eigenvalue weighted by Crippen LogP contribution is 2.19. The standard InChI is InChI=1S/C13H16N2O2S2/c1-10-2-3-13(12(14)8-10)19(16,17)15-6-4-11-5-7-18-9-11/h2-3,5,7-9,15H,4,6,14H2,1H3. The lowest BCUT2D eigenvalue weighted by Gasteiger charge is -2.09. The normalized spacial score (nSPS) is 11.6. The molecule has 0 aliphatic carbocycles. The number of aryl methyl sites for hydroxylation is 1. The van der Waals surface area contributed by atoms with Crippen LogP contribution in [0.25, 0.3) is 0 Å². The predicted octanol–water partition coefficient (Wildman–Crippen LogP) is 2.16. The van der Waals surface area contributed by atoms with Crippen LogP contribution in [0, 0.1) is 6.92 Å². The first-order valence-corrected chi connectivity index (χ1v) is 8.28. The third-order valence-electron chi connectivity index (χ3n) is 2.74. The minimum atomic E-state index is -3.53. The Morgan fingerprint density at radius 3 is 2.74 bits per heavy atom. The van der Waals surface area contributed by atoms with E-state index in [4.69, 9.17) is 5.73 Å². The smallest absolute Gasteiger partial charge is 0.242 e. The average Bonchev–Trinajstić information content (AvgIpc) is 2.81. The summed E-state index contributed by atoms with van der Waals surface area (Å²) in [6.45, 7) is 2.24. The van der Waals surface area contributed by atoms with Crippen LogP contribution >= 0.6 is 11.3 Å². The lowest BCUT2D eigenvalue weighted by Crippen LogP contribution is -2.26. The lowest BCUT2D eigenvalue weighted by atomic mass is 10.2. The maximum atomic E-state index is 12.1. The number of nitrogen functional groups attached to an aromatic ring is 1. The topological polar surface area (TPSA) is 72.2 Å². The van der Waals surface area contributed by atoms with Gasteiger partial charge in [-0.3, -0.25) is 0 Å². The first-order valence-electron chi connectivity index (χ1n) is 5.86. The van der Waals surface area contributed by atoms with Gasteiger partial charge >= 0.3 is 0 Å². The average molecular weight is 296 g/mol. The molecule has 0 amide bonds. The van der Waals surface area contributed by atoms with E-state index < -0.39 is 10.0 Å². The third kappa shape index (κ3) is 3.56. The van der Waals surface area contributed by atoms with Crippen molar-refractivity contribution in [3.05, 3.63) is 46.2 Å². The fourth-order valence-electron chi connectivity index (χ4n) is 1.75. The summed E-state index contributed by atoms with van der Waals surface area (Å²) in [6.07, 6.45) is 0.675. The van der Waals surface area contributed by atoms with Crippen molar-refractivity contribution in [1.29, 1.82) is 0 Å². The summed E-state index contributed by atoms with van der Waals surface area (Å²) in [7, 11) is -3.53. The summed E-state index contributed by atoms with van der Waals surface area (Å²) in [4.78, 5) is 0.142. The van der Waals surface area contributed by atoms with Gasteiger partial charge in [0.2, 0.25) is 10.0 Å². The molecule has 0 fully saturated rings. The summed E-state index contributed by atoms with van der Waals surface area (Å²) in [5.41, 5.74) is 8.11. The molecule has 0 bridgehead atoms. The Balaban J connectivity index is 2.05. The van der Waals surface area contributed by atoms with Crippen molar-refractivity contribution in [2.24, 2.45) is 0 Å². The number of rotatable bonds is 5. The maximum Gasteiger partial charge on any atom is 0.242 e. The Labute approximate surface area is 117 Å². The summed E-state index contributed by atoms with van der Waals surface area (Å²) in [5, 5.41) is 3.98. The number of thiophene rings is 1. The second kappa shape index (κ2) is 5.73. The molecule has 0 unspecified atom stereocenters. The van der Waals surface area contributed by atoms with Crippen LogP contribution < -0.4 is 10.5 Å². The highest BCUT2D eigenvalue weighted by atomic mass is 32.2. The van der Waals surface area contributed by atoms with Gasteiger partial charge in [-0.1, -0.05) is 6.07 Å². The SMILES string of the molecule is Cc1ccc(S(=O)(=O)NCCc2ccsc2)c(N)c1. The van der Waals surface area contributed by atoms with Gasteiger partial charge in [0.1, 0.15) is 4.90 Å². The number of nitrogens with two attached hydrogens (primary N) is 1. The number of hydrogen-bond donors (Lipinski definition) is 2. The fourth-order valence-corrected chi connectivity index (χ4v) is 3.60. The molecule has 0 spiro atoms. The zero-order valence-electron chi connectivity index (χ0n) is 10.6. The zero-order valence-corrected chi connectivity index (χ0v) is 12.2. The van der Waals surface area contributed by atoms with E-state index in [-0.39, 0.29) is 10.6 Å². The predicted molar refractivity (Wildman–Crippen MR) is 78.8 cm³/mol. The van der Waals surface area contributed by atoms with Crippen molar-refractivity contribution in [3.63, 3.8) is 0 Å². The highest BCUT2D eigenvalue weighted by molar-refractivity contribution is 7.89. The molecular weight excluding hydrogens is 280 g/mol. The number of benzene rings is 1. The molecule has 102 valence electrons. The van der Waals surface area contributed by atoms with Crippen LogP contribution in [0.3, 0.4) is 0 Å². The molecule has 3 N–H and O–H groups in total. The highest BCUT2D eigenvalue weighted by Gasteiger charge is 2.16. The van der Waals surface area contributed by atoms with Gasteiger partial charge in [0.05, 0.1) is 5.69 Å². The molecule has 2 aromatic rings. The second-order valence-corrected chi connectivity index (χ2v) is 6.84. The quantitative estimate of drug-likeness (QED) is 0.831. The molecule has 0 radical (unpaired) electrons. The van der Waals surface area contributed by atoms with E-state index in [2.05, 4.69) is 4.72 Å². The van der Waals surface area contributed by atoms with Gasteiger partial charge in [-0.25, -0.2) is 13.1 Å². The van der Waals surface area contributed by atoms with E-state index in [0.29, 0.717) is 13.0 Å². The molecule has 0 aliphatic heterocycles. The van der Waals surface area contributed by atoms with Gasteiger partial charge in [0.15, 0.2) is 0 Å². The third-order valence-corrected chi connectivity index (χ3v) is 5.01. The van der Waals surface area contributed by atoms with Crippen molar-refractivity contribution < 1.29 is 8.42 Å². The van der Waals surface area contributed by atoms with Crippen LogP contribution in [-0.4, -0.2) is 15.0 Å². The first kappa shape index (κ1) is 14.0. The minimum Gasteiger partial charge on any atom is -0.398 e. The number of anilines is 1. The monoisotopic (exact) mass is 296 g/mol. The second-order valence-electron chi connectivity index (χ2n) is 4.32. The molecule has 0 atom stereocenters. The summed E-state index contributed by atoms with van der Waals surface area (Å²) >= 11 is 1.60. The van der Waals surface area contributed by atoms with Crippen molar-refractivity contribution in [3.8, 4) is 0 Å². The number of sulfonamides is 1. The molecular formula is C13H16N2O2S2. The molecule has 19 heavy (non-hydrogen) atoms. The Kier molecular flexibility index (Phi) is 4.24. The van der Waals surface area contributed by atoms with E-state index in [1.807, 2.05) is 23.8 Å². The van der Waals surface area contributed by atoms with Crippen LogP contribution in [0.4, 0.5) is 5.69 Å². The molecule has 0 aliphatic rings. The largest absolute Gasteiger partial charge is 0.398 e. The zero-order chi connectivity index (χ0) is 13.9. The van der Waals surface area contributed by atoms with Gasteiger partial charge in [-0.2, -0.15) is 11.3 Å². The van der Waals surface area contributed by atoms with Gasteiger partial charge in [-0.15, -0.1) is 0 Å².